The minimum atomic E-state index is -0.0671. The molecular weight excluding hydrogens is 128 g/mol. The fourth-order valence-corrected chi connectivity index (χ4v) is 0.817. The van der Waals surface area contributed by atoms with Gasteiger partial charge < -0.3 is 10.3 Å². The molecule has 10 heavy (non-hydrogen) atoms. The number of nitrogens with one attached hydrogen (secondary N) is 2. The van der Waals surface area contributed by atoms with Crippen molar-refractivity contribution in [2.45, 2.75) is 6.92 Å². The zero-order valence-electron chi connectivity index (χ0n) is 6.06. The Morgan fingerprint density at radius 1 is 1.70 bits per heavy atom. The lowest BCUT2D eigenvalue weighted by atomic mass is 10.2. The molecule has 1 heterocycles. The van der Waals surface area contributed by atoms with Gasteiger partial charge >= 0.3 is 0 Å². The molecule has 1 rings (SSSR count). The van der Waals surface area contributed by atoms with Gasteiger partial charge in [0.2, 0.25) is 0 Å². The van der Waals surface area contributed by atoms with Crippen LogP contribution in [-0.4, -0.2) is 17.9 Å². The Hall–Kier alpha value is -1.25. The lowest BCUT2D eigenvalue weighted by molar-refractivity contribution is 0.0958. The molecular formula is C7H10N2O. The number of carbonyl (C=O) groups is 1. The van der Waals surface area contributed by atoms with E-state index in [9.17, 15) is 4.79 Å². The van der Waals surface area contributed by atoms with Crippen LogP contribution in [0.15, 0.2) is 12.3 Å². The molecule has 1 aromatic rings. The first-order chi connectivity index (χ1) is 4.75. The molecule has 0 saturated heterocycles. The summed E-state index contributed by atoms with van der Waals surface area (Å²) in [5, 5.41) is 2.54. The normalized spacial score (nSPS) is 9.40. The molecule has 3 nitrogen and oxygen atoms in total. The number of carbonyl (C=O) groups excluding carboxylic acids is 1. The number of hydrogen-bond acceptors (Lipinski definition) is 1. The molecule has 54 valence electrons. The number of amides is 1. The summed E-state index contributed by atoms with van der Waals surface area (Å²) in [6.45, 7) is 1.89. The Labute approximate surface area is 59.4 Å². The summed E-state index contributed by atoms with van der Waals surface area (Å²) in [6.07, 6.45) is 1.75. The second kappa shape index (κ2) is 2.56. The van der Waals surface area contributed by atoms with E-state index >= 15 is 0 Å². The van der Waals surface area contributed by atoms with E-state index in [1.54, 1.807) is 13.2 Å². The molecule has 0 aliphatic rings. The van der Waals surface area contributed by atoms with Crippen LogP contribution < -0.4 is 5.32 Å². The number of aromatic nitrogens is 1. The SMILES string of the molecule is CNC(=O)c1[nH]ccc1C. The van der Waals surface area contributed by atoms with Gasteiger partial charge in [-0.3, -0.25) is 4.79 Å². The zero-order valence-corrected chi connectivity index (χ0v) is 6.06. The highest BCUT2D eigenvalue weighted by Crippen LogP contribution is 2.02. The molecule has 3 heteroatoms. The van der Waals surface area contributed by atoms with Gasteiger partial charge in [0.25, 0.3) is 5.91 Å². The van der Waals surface area contributed by atoms with Crippen molar-refractivity contribution in [2.75, 3.05) is 7.05 Å². The van der Waals surface area contributed by atoms with Gasteiger partial charge in [-0.2, -0.15) is 0 Å². The number of aryl methyl sites for hydroxylation is 1. The van der Waals surface area contributed by atoms with Gasteiger partial charge in [0.15, 0.2) is 0 Å². The molecule has 1 amide bonds. The molecule has 0 atom stereocenters. The van der Waals surface area contributed by atoms with Crippen LogP contribution in [0.2, 0.25) is 0 Å². The Balaban J connectivity index is 2.93. The van der Waals surface area contributed by atoms with E-state index in [4.69, 9.17) is 0 Å². The second-order valence-electron chi connectivity index (χ2n) is 2.11. The van der Waals surface area contributed by atoms with Crippen LogP contribution in [-0.2, 0) is 0 Å². The summed E-state index contributed by atoms with van der Waals surface area (Å²) < 4.78 is 0. The van der Waals surface area contributed by atoms with Crippen molar-refractivity contribution in [3.8, 4) is 0 Å². The third-order valence-electron chi connectivity index (χ3n) is 1.41. The average Bonchev–Trinajstić information content (AvgIpc) is 2.34. The van der Waals surface area contributed by atoms with Crippen molar-refractivity contribution in [1.82, 2.24) is 10.3 Å². The minimum Gasteiger partial charge on any atom is -0.357 e. The van der Waals surface area contributed by atoms with Gasteiger partial charge in [0, 0.05) is 13.2 Å². The van der Waals surface area contributed by atoms with Gasteiger partial charge in [0.1, 0.15) is 5.69 Å². The highest BCUT2D eigenvalue weighted by Gasteiger charge is 2.05. The third kappa shape index (κ3) is 1.03. The standard InChI is InChI=1S/C7H10N2O/c1-5-3-4-9-6(5)7(10)8-2/h3-4,9H,1-2H3,(H,8,10). The summed E-state index contributed by atoms with van der Waals surface area (Å²) in [4.78, 5) is 13.8. The van der Waals surface area contributed by atoms with Crippen molar-refractivity contribution in [3.63, 3.8) is 0 Å². The molecule has 0 radical (unpaired) electrons. The van der Waals surface area contributed by atoms with Crippen LogP contribution in [0.1, 0.15) is 16.1 Å². The van der Waals surface area contributed by atoms with Crippen LogP contribution in [0.3, 0.4) is 0 Å². The maximum Gasteiger partial charge on any atom is 0.267 e. The number of hydrogen-bond donors (Lipinski definition) is 2. The maximum atomic E-state index is 11.0. The number of aromatic amines is 1. The lowest BCUT2D eigenvalue weighted by Gasteiger charge is -1.95. The molecule has 0 bridgehead atoms. The fourth-order valence-electron chi connectivity index (χ4n) is 0.817. The van der Waals surface area contributed by atoms with Gasteiger partial charge in [-0.1, -0.05) is 0 Å². The monoisotopic (exact) mass is 138 g/mol. The van der Waals surface area contributed by atoms with Gasteiger partial charge in [0.05, 0.1) is 0 Å². The first-order valence-corrected chi connectivity index (χ1v) is 3.11. The van der Waals surface area contributed by atoms with Gasteiger partial charge in [-0.25, -0.2) is 0 Å². The van der Waals surface area contributed by atoms with Crippen molar-refractivity contribution in [1.29, 1.82) is 0 Å². The number of H-pyrrole nitrogens is 1. The second-order valence-corrected chi connectivity index (χ2v) is 2.11. The topological polar surface area (TPSA) is 44.9 Å². The summed E-state index contributed by atoms with van der Waals surface area (Å²) in [5.41, 5.74) is 1.61. The summed E-state index contributed by atoms with van der Waals surface area (Å²) >= 11 is 0. The average molecular weight is 138 g/mol. The quantitative estimate of drug-likeness (QED) is 0.589. The van der Waals surface area contributed by atoms with E-state index in [0.717, 1.165) is 5.56 Å². The van der Waals surface area contributed by atoms with Crippen LogP contribution in [0.25, 0.3) is 0 Å². The van der Waals surface area contributed by atoms with E-state index in [-0.39, 0.29) is 5.91 Å². The highest BCUT2D eigenvalue weighted by molar-refractivity contribution is 5.93. The molecule has 0 aliphatic carbocycles. The zero-order chi connectivity index (χ0) is 7.56. The van der Waals surface area contributed by atoms with Crippen LogP contribution in [0.4, 0.5) is 0 Å². The molecule has 1 aromatic heterocycles. The summed E-state index contributed by atoms with van der Waals surface area (Å²) in [5.74, 6) is -0.0671. The molecule has 0 aromatic carbocycles. The first-order valence-electron chi connectivity index (χ1n) is 3.11. The van der Waals surface area contributed by atoms with Gasteiger partial charge in [-0.15, -0.1) is 0 Å². The van der Waals surface area contributed by atoms with Crippen molar-refractivity contribution in [2.24, 2.45) is 0 Å². The Morgan fingerprint density at radius 2 is 2.40 bits per heavy atom. The minimum absolute atomic E-state index is 0.0671. The summed E-state index contributed by atoms with van der Waals surface area (Å²) in [6, 6.07) is 1.87. The van der Waals surface area contributed by atoms with Crippen LogP contribution >= 0.6 is 0 Å². The van der Waals surface area contributed by atoms with Crippen molar-refractivity contribution < 1.29 is 4.79 Å². The molecule has 0 fully saturated rings. The smallest absolute Gasteiger partial charge is 0.267 e. The summed E-state index contributed by atoms with van der Waals surface area (Å²) in [7, 11) is 1.61. The first kappa shape index (κ1) is 6.86. The molecule has 0 spiro atoms. The van der Waals surface area contributed by atoms with E-state index in [1.165, 1.54) is 0 Å². The van der Waals surface area contributed by atoms with Crippen LogP contribution in [0, 0.1) is 6.92 Å². The predicted octanol–water partition coefficient (Wildman–Crippen LogP) is 0.683. The predicted molar refractivity (Wildman–Crippen MR) is 38.9 cm³/mol. The molecule has 2 N–H and O–H groups in total. The van der Waals surface area contributed by atoms with E-state index in [1.807, 2.05) is 13.0 Å². The lowest BCUT2D eigenvalue weighted by Crippen LogP contribution is -2.18. The molecule has 0 aliphatic heterocycles. The fraction of sp³-hybridized carbons (Fsp3) is 0.286. The van der Waals surface area contributed by atoms with Crippen molar-refractivity contribution in [3.05, 3.63) is 23.5 Å². The Bertz CT molecular complexity index is 240. The maximum absolute atomic E-state index is 11.0. The highest BCUT2D eigenvalue weighted by atomic mass is 16.1. The van der Waals surface area contributed by atoms with Crippen LogP contribution in [0.5, 0.6) is 0 Å². The van der Waals surface area contributed by atoms with Gasteiger partial charge in [-0.05, 0) is 18.6 Å². The van der Waals surface area contributed by atoms with E-state index in [2.05, 4.69) is 10.3 Å². The number of rotatable bonds is 1. The van der Waals surface area contributed by atoms with E-state index < -0.39 is 0 Å². The van der Waals surface area contributed by atoms with E-state index in [0.29, 0.717) is 5.69 Å². The Morgan fingerprint density at radius 3 is 2.80 bits per heavy atom. The van der Waals surface area contributed by atoms with Crippen molar-refractivity contribution >= 4 is 5.91 Å². The molecule has 0 saturated carbocycles. The Kier molecular flexibility index (Phi) is 1.76. The third-order valence-corrected chi connectivity index (χ3v) is 1.41. The largest absolute Gasteiger partial charge is 0.357 e. The molecule has 0 unspecified atom stereocenters.